The molecule has 1 N–H and O–H groups in total. The van der Waals surface area contributed by atoms with Crippen molar-refractivity contribution in [2.45, 2.75) is 6.54 Å². The van der Waals surface area contributed by atoms with Gasteiger partial charge in [-0.2, -0.15) is 0 Å². The van der Waals surface area contributed by atoms with Crippen molar-refractivity contribution in [1.82, 2.24) is 14.9 Å². The van der Waals surface area contributed by atoms with E-state index < -0.39 is 0 Å². The lowest BCUT2D eigenvalue weighted by molar-refractivity contribution is 0.0941. The van der Waals surface area contributed by atoms with Gasteiger partial charge in [0.2, 0.25) is 0 Å². The Morgan fingerprint density at radius 2 is 2.04 bits per heavy atom. The van der Waals surface area contributed by atoms with Crippen molar-refractivity contribution < 1.29 is 9.18 Å². The summed E-state index contributed by atoms with van der Waals surface area (Å²) in [6.07, 6.45) is 0. The molecular weight excluding hydrogens is 329 g/mol. The Balaban J connectivity index is 1.72. The number of hydrogen-bond acceptors (Lipinski definition) is 4. The van der Waals surface area contributed by atoms with Crippen molar-refractivity contribution in [2.24, 2.45) is 7.05 Å². The second kappa shape index (κ2) is 6.76. The van der Waals surface area contributed by atoms with Crippen LogP contribution in [-0.4, -0.2) is 15.5 Å². The Bertz CT molecular complexity index is 949. The lowest BCUT2D eigenvalue weighted by Crippen LogP contribution is -2.30. The van der Waals surface area contributed by atoms with E-state index in [1.165, 1.54) is 41.2 Å². The first-order chi connectivity index (χ1) is 11.6. The quantitative estimate of drug-likeness (QED) is 0.792. The van der Waals surface area contributed by atoms with Gasteiger partial charge in [0, 0.05) is 24.1 Å². The highest BCUT2D eigenvalue weighted by atomic mass is 32.1. The molecule has 0 fully saturated rings. The molecule has 0 unspecified atom stereocenters. The summed E-state index contributed by atoms with van der Waals surface area (Å²) in [6.45, 7) is 0.209. The van der Waals surface area contributed by atoms with Crippen LogP contribution in [0.5, 0.6) is 0 Å². The van der Waals surface area contributed by atoms with Crippen LogP contribution in [0.2, 0.25) is 0 Å². The van der Waals surface area contributed by atoms with Crippen molar-refractivity contribution in [2.75, 3.05) is 0 Å². The van der Waals surface area contributed by atoms with Crippen molar-refractivity contribution in [1.29, 1.82) is 0 Å². The second-order valence-electron chi connectivity index (χ2n) is 5.10. The highest BCUT2D eigenvalue weighted by Crippen LogP contribution is 2.24. The molecule has 0 saturated carbocycles. The number of amides is 1. The van der Waals surface area contributed by atoms with E-state index in [1.54, 1.807) is 29.6 Å². The zero-order valence-corrected chi connectivity index (χ0v) is 13.6. The van der Waals surface area contributed by atoms with E-state index in [2.05, 4.69) is 10.3 Å². The zero-order chi connectivity index (χ0) is 17.1. The molecule has 1 aromatic carbocycles. The van der Waals surface area contributed by atoms with Crippen LogP contribution in [0.4, 0.5) is 4.39 Å². The molecule has 0 bridgehead atoms. The van der Waals surface area contributed by atoms with Crippen LogP contribution < -0.4 is 10.9 Å². The molecule has 3 rings (SSSR count). The number of carbonyl (C=O) groups is 1. The third-order valence-electron chi connectivity index (χ3n) is 3.52. The molecule has 0 spiro atoms. The Labute approximate surface area is 141 Å². The summed E-state index contributed by atoms with van der Waals surface area (Å²) in [5, 5.41) is 5.12. The van der Waals surface area contributed by atoms with E-state index in [0.29, 0.717) is 16.3 Å². The fourth-order valence-electron chi connectivity index (χ4n) is 2.22. The normalized spacial score (nSPS) is 10.6. The molecule has 24 heavy (non-hydrogen) atoms. The molecule has 0 aliphatic rings. The van der Waals surface area contributed by atoms with Gasteiger partial charge in [-0.05, 0) is 18.2 Å². The molecule has 1 amide bonds. The average molecular weight is 343 g/mol. The maximum Gasteiger partial charge on any atom is 0.268 e. The number of halogens is 1. The van der Waals surface area contributed by atoms with Gasteiger partial charge in [0.15, 0.2) is 0 Å². The van der Waals surface area contributed by atoms with Gasteiger partial charge < -0.3 is 9.88 Å². The highest BCUT2D eigenvalue weighted by molar-refractivity contribution is 7.09. The molecule has 0 aliphatic heterocycles. The summed E-state index contributed by atoms with van der Waals surface area (Å²) in [5.74, 6) is -0.699. The van der Waals surface area contributed by atoms with Crippen LogP contribution in [0.3, 0.4) is 0 Å². The predicted octanol–water partition coefficient (Wildman–Crippen LogP) is 2.58. The number of nitrogens with one attached hydrogen (secondary N) is 1. The molecule has 5 nitrogen and oxygen atoms in total. The van der Waals surface area contributed by atoms with Gasteiger partial charge in [-0.25, -0.2) is 9.37 Å². The summed E-state index contributed by atoms with van der Waals surface area (Å²) in [5.41, 5.74) is 0.985. The first kappa shape index (κ1) is 16.1. The Morgan fingerprint density at radius 1 is 1.25 bits per heavy atom. The molecule has 0 atom stereocenters. The van der Waals surface area contributed by atoms with E-state index >= 15 is 0 Å². The lowest BCUT2D eigenvalue weighted by Gasteiger charge is -2.07. The summed E-state index contributed by atoms with van der Waals surface area (Å²) in [6, 6.07) is 10.9. The third-order valence-corrected chi connectivity index (χ3v) is 4.37. The van der Waals surface area contributed by atoms with Gasteiger partial charge in [-0.1, -0.05) is 18.2 Å². The predicted molar refractivity (Wildman–Crippen MR) is 90.4 cm³/mol. The van der Waals surface area contributed by atoms with Crippen molar-refractivity contribution >= 4 is 17.2 Å². The SMILES string of the molecule is Cn1c(C(=O)NCc2nc(-c3ccccc3F)cs2)cccc1=O. The molecule has 0 saturated heterocycles. The second-order valence-corrected chi connectivity index (χ2v) is 6.04. The Morgan fingerprint density at radius 3 is 2.83 bits per heavy atom. The van der Waals surface area contributed by atoms with E-state index in [-0.39, 0.29) is 29.5 Å². The minimum absolute atomic E-state index is 0.209. The number of benzene rings is 1. The number of nitrogens with zero attached hydrogens (tertiary/aromatic N) is 2. The van der Waals surface area contributed by atoms with Crippen LogP contribution in [0.25, 0.3) is 11.3 Å². The number of aromatic nitrogens is 2. The zero-order valence-electron chi connectivity index (χ0n) is 12.8. The molecular formula is C17H14FN3O2S. The largest absolute Gasteiger partial charge is 0.344 e. The fraction of sp³-hybridized carbons (Fsp3) is 0.118. The smallest absolute Gasteiger partial charge is 0.268 e. The summed E-state index contributed by atoms with van der Waals surface area (Å²) in [4.78, 5) is 28.1. The molecule has 2 heterocycles. The number of hydrogen-bond donors (Lipinski definition) is 1. The number of rotatable bonds is 4. The topological polar surface area (TPSA) is 64.0 Å². The van der Waals surface area contributed by atoms with Gasteiger partial charge in [-0.3, -0.25) is 9.59 Å². The van der Waals surface area contributed by atoms with Crippen molar-refractivity contribution in [3.63, 3.8) is 0 Å². The van der Waals surface area contributed by atoms with Gasteiger partial charge in [0.25, 0.3) is 11.5 Å². The molecule has 0 aliphatic carbocycles. The fourth-order valence-corrected chi connectivity index (χ4v) is 2.96. The molecule has 3 aromatic rings. The van der Waals surface area contributed by atoms with Gasteiger partial charge in [-0.15, -0.1) is 11.3 Å². The molecule has 7 heteroatoms. The van der Waals surface area contributed by atoms with Crippen LogP contribution in [0.1, 0.15) is 15.5 Å². The molecule has 0 radical (unpaired) electrons. The van der Waals surface area contributed by atoms with Crippen LogP contribution >= 0.6 is 11.3 Å². The third kappa shape index (κ3) is 3.26. The van der Waals surface area contributed by atoms with Gasteiger partial charge >= 0.3 is 0 Å². The molecule has 122 valence electrons. The maximum atomic E-state index is 13.8. The van der Waals surface area contributed by atoms with Gasteiger partial charge in [0.05, 0.1) is 12.2 Å². The van der Waals surface area contributed by atoms with E-state index in [1.807, 2.05) is 0 Å². The average Bonchev–Trinajstić information content (AvgIpc) is 3.04. The molecule has 2 aromatic heterocycles. The first-order valence-electron chi connectivity index (χ1n) is 7.20. The monoisotopic (exact) mass is 343 g/mol. The first-order valence-corrected chi connectivity index (χ1v) is 8.08. The summed E-state index contributed by atoms with van der Waals surface area (Å²) in [7, 11) is 1.54. The lowest BCUT2D eigenvalue weighted by atomic mass is 10.2. The van der Waals surface area contributed by atoms with Crippen molar-refractivity contribution in [3.05, 3.63) is 74.7 Å². The van der Waals surface area contributed by atoms with Crippen LogP contribution in [0.15, 0.2) is 52.6 Å². The van der Waals surface area contributed by atoms with E-state index in [9.17, 15) is 14.0 Å². The maximum absolute atomic E-state index is 13.8. The number of thiazole rings is 1. The van der Waals surface area contributed by atoms with Crippen molar-refractivity contribution in [3.8, 4) is 11.3 Å². The number of carbonyl (C=O) groups excluding carboxylic acids is 1. The van der Waals surface area contributed by atoms with E-state index in [0.717, 1.165) is 0 Å². The summed E-state index contributed by atoms with van der Waals surface area (Å²) < 4.78 is 15.0. The summed E-state index contributed by atoms with van der Waals surface area (Å²) >= 11 is 1.34. The Kier molecular flexibility index (Phi) is 4.52. The minimum Gasteiger partial charge on any atom is -0.344 e. The highest BCUT2D eigenvalue weighted by Gasteiger charge is 2.12. The van der Waals surface area contributed by atoms with E-state index in [4.69, 9.17) is 0 Å². The van der Waals surface area contributed by atoms with Crippen LogP contribution in [0, 0.1) is 5.82 Å². The Hall–Kier alpha value is -2.80. The van der Waals surface area contributed by atoms with Gasteiger partial charge in [0.1, 0.15) is 16.5 Å². The van der Waals surface area contributed by atoms with Crippen LogP contribution in [-0.2, 0) is 13.6 Å². The minimum atomic E-state index is -0.363. The number of pyridine rings is 1. The standard InChI is InChI=1S/C17H14FN3O2S/c1-21-14(7-4-8-16(21)22)17(23)19-9-15-20-13(10-24-15)11-5-2-3-6-12(11)18/h2-8,10H,9H2,1H3,(H,19,23).